The molecule has 5 nitrogen and oxygen atoms in total. The number of ketones is 2. The van der Waals surface area contributed by atoms with Crippen LogP contribution in [0.4, 0.5) is 11.4 Å². The third kappa shape index (κ3) is 2.77. The summed E-state index contributed by atoms with van der Waals surface area (Å²) in [6, 6.07) is 27.5. The summed E-state index contributed by atoms with van der Waals surface area (Å²) in [4.78, 5) is 44.0. The molecule has 37 heavy (non-hydrogen) atoms. The molecule has 0 unspecified atom stereocenters. The summed E-state index contributed by atoms with van der Waals surface area (Å²) in [7, 11) is 0. The van der Waals surface area contributed by atoms with Crippen LogP contribution in [0.5, 0.6) is 0 Å². The van der Waals surface area contributed by atoms with Gasteiger partial charge in [0.1, 0.15) is 5.41 Å². The highest BCUT2D eigenvalue weighted by molar-refractivity contribution is 6.17. The van der Waals surface area contributed by atoms with E-state index in [0.717, 1.165) is 27.6 Å². The zero-order chi connectivity index (χ0) is 25.3. The van der Waals surface area contributed by atoms with Crippen molar-refractivity contribution < 1.29 is 14.4 Å². The summed E-state index contributed by atoms with van der Waals surface area (Å²) >= 11 is 0. The first kappa shape index (κ1) is 21.7. The minimum absolute atomic E-state index is 0.136. The lowest BCUT2D eigenvalue weighted by Crippen LogP contribution is -2.51. The summed E-state index contributed by atoms with van der Waals surface area (Å²) in [5.41, 5.74) is 2.57. The molecule has 4 aromatic rings. The normalized spacial score (nSPS) is 25.1. The Kier molecular flexibility index (Phi) is 4.55. The van der Waals surface area contributed by atoms with E-state index in [9.17, 15) is 14.4 Å². The Morgan fingerprint density at radius 1 is 0.865 bits per heavy atom. The van der Waals surface area contributed by atoms with Crippen molar-refractivity contribution >= 4 is 45.7 Å². The molecular formula is C32H24N2O3. The second-order valence-electron chi connectivity index (χ2n) is 10.1. The van der Waals surface area contributed by atoms with E-state index in [-0.39, 0.29) is 17.5 Å². The molecule has 0 aliphatic carbocycles. The number of fused-ring (bicyclic) bond motifs is 8. The summed E-state index contributed by atoms with van der Waals surface area (Å²) in [6.45, 7) is 1.53. The quantitative estimate of drug-likeness (QED) is 0.396. The zero-order valence-electron chi connectivity index (χ0n) is 20.2. The number of amides is 1. The van der Waals surface area contributed by atoms with Crippen molar-refractivity contribution in [1.29, 1.82) is 0 Å². The fourth-order valence-corrected chi connectivity index (χ4v) is 6.87. The first-order valence-electron chi connectivity index (χ1n) is 12.5. The van der Waals surface area contributed by atoms with Crippen LogP contribution < -0.4 is 10.2 Å². The maximum Gasteiger partial charge on any atom is 0.238 e. The lowest BCUT2D eigenvalue weighted by atomic mass is 9.64. The summed E-state index contributed by atoms with van der Waals surface area (Å²) in [6.07, 6.45) is 4.08. The number of rotatable bonds is 3. The third-order valence-electron chi connectivity index (χ3n) is 8.30. The number of nitrogens with one attached hydrogen (secondary N) is 1. The standard InChI is InChI=1S/C32H24N2O3/c1-19(35)29-28(30(36)21-10-3-2-4-11-21)32(24-13-7-8-14-25(24)33-31(32)37)27-18-16-23-22-12-6-5-9-20(22)15-17-26(23)34(27)29/h2-18,27-29H,1H3,(H,33,37)/t27-,28+,29+,32-/m0/s1. The summed E-state index contributed by atoms with van der Waals surface area (Å²) in [5, 5.41) is 5.22. The van der Waals surface area contributed by atoms with Crippen molar-refractivity contribution in [2.24, 2.45) is 5.92 Å². The van der Waals surface area contributed by atoms with Crippen LogP contribution in [0.3, 0.4) is 0 Å². The van der Waals surface area contributed by atoms with Crippen LogP contribution in [0.25, 0.3) is 16.8 Å². The zero-order valence-corrected chi connectivity index (χ0v) is 20.2. The molecular weight excluding hydrogens is 460 g/mol. The van der Waals surface area contributed by atoms with Gasteiger partial charge in [0.2, 0.25) is 5.91 Å². The van der Waals surface area contributed by atoms with E-state index in [1.807, 2.05) is 77.7 Å². The van der Waals surface area contributed by atoms with Crippen LogP contribution in [-0.2, 0) is 15.0 Å². The number of carbonyl (C=O) groups excluding carboxylic acids is 3. The molecule has 1 fully saturated rings. The maximum atomic E-state index is 14.4. The van der Waals surface area contributed by atoms with Gasteiger partial charge in [-0.3, -0.25) is 14.4 Å². The lowest BCUT2D eigenvalue weighted by Gasteiger charge is -2.38. The Morgan fingerprint density at radius 3 is 2.41 bits per heavy atom. The summed E-state index contributed by atoms with van der Waals surface area (Å²) in [5.74, 6) is -1.47. The van der Waals surface area contributed by atoms with Gasteiger partial charge in [0.15, 0.2) is 11.6 Å². The number of nitrogens with zero attached hydrogens (tertiary/aromatic N) is 1. The Hall–Kier alpha value is -4.51. The van der Waals surface area contributed by atoms with Gasteiger partial charge in [0, 0.05) is 22.5 Å². The number of Topliss-reactive ketones (excluding diaryl/α,β-unsaturated/α-hetero) is 2. The number of benzene rings is 4. The molecule has 4 atom stereocenters. The van der Waals surface area contributed by atoms with Crippen molar-refractivity contribution in [3.05, 3.63) is 114 Å². The highest BCUT2D eigenvalue weighted by atomic mass is 16.2. The fraction of sp³-hybridized carbons (Fsp3) is 0.156. The van der Waals surface area contributed by atoms with Crippen molar-refractivity contribution in [3.8, 4) is 0 Å². The molecule has 1 N–H and O–H groups in total. The molecule has 0 aromatic heterocycles. The molecule has 3 heterocycles. The topological polar surface area (TPSA) is 66.5 Å². The molecule has 3 aliphatic heterocycles. The molecule has 5 heteroatoms. The van der Waals surface area contributed by atoms with E-state index in [2.05, 4.69) is 23.5 Å². The van der Waals surface area contributed by atoms with Gasteiger partial charge in [-0.25, -0.2) is 0 Å². The minimum Gasteiger partial charge on any atom is -0.352 e. The van der Waals surface area contributed by atoms with E-state index >= 15 is 0 Å². The van der Waals surface area contributed by atoms with Gasteiger partial charge >= 0.3 is 0 Å². The molecule has 0 bridgehead atoms. The Morgan fingerprint density at radius 2 is 1.59 bits per heavy atom. The van der Waals surface area contributed by atoms with E-state index in [4.69, 9.17) is 0 Å². The molecule has 7 rings (SSSR count). The van der Waals surface area contributed by atoms with Gasteiger partial charge in [0.05, 0.1) is 18.0 Å². The van der Waals surface area contributed by atoms with Crippen LogP contribution in [-0.4, -0.2) is 29.6 Å². The van der Waals surface area contributed by atoms with Crippen molar-refractivity contribution in [3.63, 3.8) is 0 Å². The van der Waals surface area contributed by atoms with E-state index in [1.165, 1.54) is 6.92 Å². The minimum atomic E-state index is -1.25. The van der Waals surface area contributed by atoms with Crippen LogP contribution in [0.2, 0.25) is 0 Å². The van der Waals surface area contributed by atoms with Crippen LogP contribution >= 0.6 is 0 Å². The number of hydrogen-bond donors (Lipinski definition) is 1. The summed E-state index contributed by atoms with van der Waals surface area (Å²) < 4.78 is 0. The van der Waals surface area contributed by atoms with Gasteiger partial charge in [0.25, 0.3) is 0 Å². The molecule has 1 saturated heterocycles. The van der Waals surface area contributed by atoms with Gasteiger partial charge in [-0.05, 0) is 35.4 Å². The largest absolute Gasteiger partial charge is 0.352 e. The first-order valence-corrected chi connectivity index (χ1v) is 12.5. The third-order valence-corrected chi connectivity index (χ3v) is 8.30. The predicted octanol–water partition coefficient (Wildman–Crippen LogP) is 5.40. The van der Waals surface area contributed by atoms with Crippen LogP contribution in [0.15, 0.2) is 97.1 Å². The maximum absolute atomic E-state index is 14.4. The second kappa shape index (κ2) is 7.74. The Labute approximate surface area is 214 Å². The Balaban J connectivity index is 1.54. The van der Waals surface area contributed by atoms with E-state index < -0.39 is 23.4 Å². The lowest BCUT2D eigenvalue weighted by molar-refractivity contribution is -0.122. The van der Waals surface area contributed by atoms with Crippen LogP contribution in [0, 0.1) is 5.92 Å². The highest BCUT2D eigenvalue weighted by Crippen LogP contribution is 2.58. The van der Waals surface area contributed by atoms with Crippen molar-refractivity contribution in [2.45, 2.75) is 24.4 Å². The smallest absolute Gasteiger partial charge is 0.238 e. The first-order chi connectivity index (χ1) is 18.0. The Bertz CT molecular complexity index is 1660. The average molecular weight is 485 g/mol. The van der Waals surface area contributed by atoms with Gasteiger partial charge in [-0.15, -0.1) is 0 Å². The second-order valence-corrected chi connectivity index (χ2v) is 10.1. The number of hydrogen-bond acceptors (Lipinski definition) is 4. The SMILES string of the molecule is CC(=O)[C@@H]1[C@H](C(=O)c2ccccc2)[C@@]2(C(=O)Nc3ccccc32)[C@@H]2C=Cc3c(ccc4ccccc34)N12. The highest BCUT2D eigenvalue weighted by Gasteiger charge is 2.69. The monoisotopic (exact) mass is 484 g/mol. The predicted molar refractivity (Wildman–Crippen MR) is 145 cm³/mol. The van der Waals surface area contributed by atoms with Gasteiger partial charge in [-0.2, -0.15) is 0 Å². The molecule has 0 radical (unpaired) electrons. The molecule has 1 amide bonds. The number of anilines is 2. The van der Waals surface area contributed by atoms with Crippen molar-refractivity contribution in [2.75, 3.05) is 10.2 Å². The number of para-hydroxylation sites is 1. The molecule has 1 spiro atoms. The molecule has 180 valence electrons. The molecule has 4 aromatic carbocycles. The molecule has 0 saturated carbocycles. The van der Waals surface area contributed by atoms with Crippen LogP contribution in [0.1, 0.15) is 28.4 Å². The fourth-order valence-electron chi connectivity index (χ4n) is 6.87. The number of carbonyl (C=O) groups is 3. The van der Waals surface area contributed by atoms with Gasteiger partial charge in [-0.1, -0.05) is 91.0 Å². The van der Waals surface area contributed by atoms with E-state index in [0.29, 0.717) is 11.3 Å². The molecule has 3 aliphatic rings. The van der Waals surface area contributed by atoms with Crippen molar-refractivity contribution in [1.82, 2.24) is 0 Å². The van der Waals surface area contributed by atoms with E-state index in [1.54, 1.807) is 12.1 Å². The van der Waals surface area contributed by atoms with Gasteiger partial charge < -0.3 is 10.2 Å². The average Bonchev–Trinajstić information content (AvgIpc) is 3.41.